The highest BCUT2D eigenvalue weighted by Gasteiger charge is 2.01. The molecule has 0 saturated carbocycles. The first-order chi connectivity index (χ1) is 6.08. The van der Waals surface area contributed by atoms with Crippen LogP contribution in [0.2, 0.25) is 0 Å². The smallest absolute Gasteiger partial charge is 0.210 e. The van der Waals surface area contributed by atoms with Gasteiger partial charge in [-0.15, -0.1) is 0 Å². The molecule has 0 aliphatic carbocycles. The highest BCUT2D eigenvalue weighted by atomic mass is 32.2. The Morgan fingerprint density at radius 1 is 1.62 bits per heavy atom. The number of oxazole rings is 1. The van der Waals surface area contributed by atoms with Crippen molar-refractivity contribution in [3.63, 3.8) is 0 Å². The molecule has 6 nitrogen and oxygen atoms in total. The van der Waals surface area contributed by atoms with Gasteiger partial charge in [-0.3, -0.25) is 0 Å². The minimum Gasteiger partial charge on any atom is -0.447 e. The van der Waals surface area contributed by atoms with E-state index in [1.807, 2.05) is 0 Å². The number of rotatable bonds is 5. The van der Waals surface area contributed by atoms with Crippen molar-refractivity contribution >= 4 is 10.0 Å². The molecule has 3 N–H and O–H groups in total. The third-order valence-electron chi connectivity index (χ3n) is 1.35. The van der Waals surface area contributed by atoms with Gasteiger partial charge < -0.3 is 9.73 Å². The summed E-state index contributed by atoms with van der Waals surface area (Å²) in [5, 5.41) is 7.64. The maximum absolute atomic E-state index is 10.5. The van der Waals surface area contributed by atoms with Gasteiger partial charge in [-0.2, -0.15) is 0 Å². The van der Waals surface area contributed by atoms with Crippen LogP contribution in [0.4, 0.5) is 0 Å². The lowest BCUT2D eigenvalue weighted by Gasteiger charge is -1.99. The molecule has 1 aromatic rings. The molecule has 1 heterocycles. The summed E-state index contributed by atoms with van der Waals surface area (Å²) in [6, 6.07) is 0. The molecule has 0 unspecified atom stereocenters. The van der Waals surface area contributed by atoms with Crippen molar-refractivity contribution in [3.05, 3.63) is 18.4 Å². The van der Waals surface area contributed by atoms with E-state index in [1.54, 1.807) is 6.20 Å². The Labute approximate surface area is 76.2 Å². The maximum Gasteiger partial charge on any atom is 0.210 e. The van der Waals surface area contributed by atoms with E-state index in [9.17, 15) is 8.42 Å². The number of nitrogens with one attached hydrogen (secondary N) is 1. The van der Waals surface area contributed by atoms with E-state index < -0.39 is 10.0 Å². The summed E-state index contributed by atoms with van der Waals surface area (Å²) in [4.78, 5) is 3.70. The van der Waals surface area contributed by atoms with Crippen molar-refractivity contribution in [1.29, 1.82) is 0 Å². The van der Waals surface area contributed by atoms with Crippen molar-refractivity contribution in [2.45, 2.75) is 6.54 Å². The molecule has 0 amide bonds. The van der Waals surface area contributed by atoms with Gasteiger partial charge in [0.15, 0.2) is 6.39 Å². The third kappa shape index (κ3) is 4.61. The third-order valence-corrected chi connectivity index (χ3v) is 2.12. The van der Waals surface area contributed by atoms with Crippen molar-refractivity contribution in [3.8, 4) is 0 Å². The van der Waals surface area contributed by atoms with Crippen LogP contribution in [0, 0.1) is 0 Å². The first kappa shape index (κ1) is 10.2. The van der Waals surface area contributed by atoms with Crippen LogP contribution < -0.4 is 10.5 Å². The Morgan fingerprint density at radius 3 is 2.92 bits per heavy atom. The lowest BCUT2D eigenvalue weighted by Crippen LogP contribution is -2.26. The van der Waals surface area contributed by atoms with Gasteiger partial charge >= 0.3 is 0 Å². The molecular weight excluding hydrogens is 194 g/mol. The number of aromatic nitrogens is 1. The second-order valence-electron chi connectivity index (χ2n) is 2.51. The molecule has 0 fully saturated rings. The van der Waals surface area contributed by atoms with Gasteiger partial charge in [0.05, 0.1) is 18.5 Å². The Balaban J connectivity index is 2.16. The van der Waals surface area contributed by atoms with E-state index in [1.165, 1.54) is 6.39 Å². The second kappa shape index (κ2) is 4.35. The second-order valence-corrected chi connectivity index (χ2v) is 4.25. The van der Waals surface area contributed by atoms with Crippen molar-refractivity contribution < 1.29 is 12.8 Å². The van der Waals surface area contributed by atoms with E-state index in [2.05, 4.69) is 10.3 Å². The molecule has 0 bridgehead atoms. The van der Waals surface area contributed by atoms with Gasteiger partial charge in [0.2, 0.25) is 10.0 Å². The lowest BCUT2D eigenvalue weighted by atomic mass is 10.5. The molecular formula is C6H11N3O3S. The number of primary sulfonamides is 1. The summed E-state index contributed by atoms with van der Waals surface area (Å²) >= 11 is 0. The summed E-state index contributed by atoms with van der Waals surface area (Å²) in [6.07, 6.45) is 2.88. The number of hydrogen-bond acceptors (Lipinski definition) is 5. The van der Waals surface area contributed by atoms with E-state index in [0.29, 0.717) is 18.8 Å². The molecule has 0 spiro atoms. The van der Waals surface area contributed by atoms with Crippen LogP contribution in [0.25, 0.3) is 0 Å². The van der Waals surface area contributed by atoms with Gasteiger partial charge in [-0.05, 0) is 0 Å². The fourth-order valence-corrected chi connectivity index (χ4v) is 1.18. The predicted octanol–water partition coefficient (Wildman–Crippen LogP) is -0.947. The van der Waals surface area contributed by atoms with E-state index in [0.717, 1.165) is 0 Å². The number of sulfonamides is 1. The molecule has 0 atom stereocenters. The average molecular weight is 205 g/mol. The number of nitrogens with two attached hydrogens (primary N) is 1. The topological polar surface area (TPSA) is 98.2 Å². The molecule has 1 rings (SSSR count). The van der Waals surface area contributed by atoms with Crippen LogP contribution in [-0.2, 0) is 16.6 Å². The average Bonchev–Trinajstić information content (AvgIpc) is 2.48. The minimum absolute atomic E-state index is 0.0822. The Hall–Kier alpha value is -0.920. The summed E-state index contributed by atoms with van der Waals surface area (Å²) in [7, 11) is -3.37. The fourth-order valence-electron chi connectivity index (χ4n) is 0.755. The fraction of sp³-hybridized carbons (Fsp3) is 0.500. The molecule has 0 aliphatic rings. The Bertz CT molecular complexity index is 332. The molecule has 0 radical (unpaired) electrons. The first-order valence-corrected chi connectivity index (χ1v) is 5.38. The number of nitrogens with zero attached hydrogens (tertiary/aromatic N) is 1. The molecule has 1 aromatic heterocycles. The quantitative estimate of drug-likeness (QED) is 0.604. The highest BCUT2D eigenvalue weighted by molar-refractivity contribution is 7.89. The van der Waals surface area contributed by atoms with Gasteiger partial charge in [0.1, 0.15) is 5.76 Å². The summed E-state index contributed by atoms with van der Waals surface area (Å²) in [5.74, 6) is 0.579. The molecule has 0 aromatic carbocycles. The molecule has 13 heavy (non-hydrogen) atoms. The van der Waals surface area contributed by atoms with Gasteiger partial charge in [0.25, 0.3) is 0 Å². The SMILES string of the molecule is NS(=O)(=O)CCNCc1cnco1. The Morgan fingerprint density at radius 2 is 2.38 bits per heavy atom. The van der Waals surface area contributed by atoms with Crippen LogP contribution in [0.1, 0.15) is 5.76 Å². The standard InChI is InChI=1S/C6H11N3O3S/c7-13(10,11)2-1-8-3-6-4-9-5-12-6/h4-5,8H,1-3H2,(H2,7,10,11). The molecule has 0 saturated heterocycles. The zero-order valence-electron chi connectivity index (χ0n) is 6.93. The molecule has 7 heteroatoms. The van der Waals surface area contributed by atoms with Crippen molar-refractivity contribution in [1.82, 2.24) is 10.3 Å². The van der Waals surface area contributed by atoms with E-state index in [-0.39, 0.29) is 5.75 Å². The van der Waals surface area contributed by atoms with Crippen LogP contribution in [0.3, 0.4) is 0 Å². The van der Waals surface area contributed by atoms with E-state index >= 15 is 0 Å². The zero-order chi connectivity index (χ0) is 9.73. The normalized spacial score (nSPS) is 11.8. The summed E-state index contributed by atoms with van der Waals surface area (Å²) in [6.45, 7) is 0.759. The maximum atomic E-state index is 10.5. The van der Waals surface area contributed by atoms with E-state index in [4.69, 9.17) is 9.56 Å². The van der Waals surface area contributed by atoms with Crippen molar-refractivity contribution in [2.75, 3.05) is 12.3 Å². The highest BCUT2D eigenvalue weighted by Crippen LogP contribution is 1.94. The monoisotopic (exact) mass is 205 g/mol. The van der Waals surface area contributed by atoms with Crippen LogP contribution in [-0.4, -0.2) is 25.7 Å². The predicted molar refractivity (Wildman–Crippen MR) is 46.2 cm³/mol. The van der Waals surface area contributed by atoms with Crippen LogP contribution >= 0.6 is 0 Å². The minimum atomic E-state index is -3.37. The number of hydrogen-bond donors (Lipinski definition) is 2. The largest absolute Gasteiger partial charge is 0.447 e. The molecule has 0 aliphatic heterocycles. The summed E-state index contributed by atoms with van der Waals surface area (Å²) in [5.41, 5.74) is 0. The lowest BCUT2D eigenvalue weighted by molar-refractivity contribution is 0.482. The van der Waals surface area contributed by atoms with Crippen LogP contribution in [0.15, 0.2) is 17.0 Å². The molecule has 74 valence electrons. The van der Waals surface area contributed by atoms with Crippen molar-refractivity contribution in [2.24, 2.45) is 5.14 Å². The van der Waals surface area contributed by atoms with Gasteiger partial charge in [-0.25, -0.2) is 18.5 Å². The summed E-state index contributed by atoms with van der Waals surface area (Å²) < 4.78 is 25.9. The zero-order valence-corrected chi connectivity index (χ0v) is 7.75. The Kier molecular flexibility index (Phi) is 3.40. The van der Waals surface area contributed by atoms with Crippen LogP contribution in [0.5, 0.6) is 0 Å². The first-order valence-electron chi connectivity index (χ1n) is 3.66. The van der Waals surface area contributed by atoms with Gasteiger partial charge in [0, 0.05) is 6.54 Å². The van der Waals surface area contributed by atoms with Gasteiger partial charge in [-0.1, -0.05) is 0 Å².